The summed E-state index contributed by atoms with van der Waals surface area (Å²) in [6, 6.07) is 4.78. The van der Waals surface area contributed by atoms with Crippen LogP contribution in [0.3, 0.4) is 0 Å². The van der Waals surface area contributed by atoms with Crippen LogP contribution in [0.5, 0.6) is 178 Å². The van der Waals surface area contributed by atoms with Crippen LogP contribution in [0.25, 0.3) is 22.3 Å². The predicted octanol–water partition coefficient (Wildman–Crippen LogP) is 3.73. The second-order valence-corrected chi connectivity index (χ2v) is 28.7. The predicted molar refractivity (Wildman–Crippen MR) is 415 cm³/mol. The van der Waals surface area contributed by atoms with Crippen LogP contribution in [0.15, 0.2) is 91.0 Å². The van der Waals surface area contributed by atoms with Gasteiger partial charge in [-0.05, 0) is 84.9 Å². The molecule has 0 bridgehead atoms. The van der Waals surface area contributed by atoms with Crippen molar-refractivity contribution < 1.29 is 258 Å². The third kappa shape index (κ3) is 16.2. The second-order valence-electron chi connectivity index (χ2n) is 28.7. The number of fused-ring (bicyclic) bond motifs is 8. The Morgan fingerprint density at radius 1 is 0.246 bits per heavy atom. The molecule has 2 fully saturated rings. The Bertz CT molecular complexity index is 6660. The summed E-state index contributed by atoms with van der Waals surface area (Å²) >= 11 is 0. The number of hydrogen-bond donors (Lipinski definition) is 29. The standard InChI is InChI=1S/C82H58O52/c83-28-1-18(2-29(84)49(28)97)71(112)129-67-65-43(16-122-76(117)23-11-37(92)54(102)59(107)45(23)47-25(78(119)127-65)13-39(94)56(104)61(47)109)125-81(69(67)131-73(114)20-5-32(87)51(99)33(88)6-20)134-75(116)22-9-36(91)53(101)42(10-22)124-64-27(15-41(96)58(106)63(64)111)80(121)132-70-68(130-72(113)19-3-30(85)50(98)31(86)4-19)66-44(126-82(70)133-74(115)21-7-34(89)52(100)35(90)8-21)17-123-77(118)24-12-38(93)55(103)60(108)46(24)48-26(79(120)128-66)14-40(95)57(105)62(48)110/h1-15,43-44,65-70,81-111H,16-17H2. The third-order valence-electron chi connectivity index (χ3n) is 20.4. The molecule has 0 radical (unpaired) electrons. The van der Waals surface area contributed by atoms with E-state index in [0.717, 1.165) is 0 Å². The molecule has 134 heavy (non-hydrogen) atoms. The lowest BCUT2D eigenvalue weighted by Gasteiger charge is -2.43. The first-order valence-electron chi connectivity index (χ1n) is 37.0. The van der Waals surface area contributed by atoms with Gasteiger partial charge in [-0.1, -0.05) is 0 Å². The summed E-state index contributed by atoms with van der Waals surface area (Å²) in [5, 5.41) is 315. The summed E-state index contributed by atoms with van der Waals surface area (Å²) in [6.07, 6.45) is -28.7. The van der Waals surface area contributed by atoms with Crippen molar-refractivity contribution in [2.75, 3.05) is 13.2 Å². The van der Waals surface area contributed by atoms with Crippen molar-refractivity contribution in [3.8, 4) is 200 Å². The molecule has 10 atom stereocenters. The fourth-order valence-electron chi connectivity index (χ4n) is 13.9. The third-order valence-corrected chi connectivity index (χ3v) is 20.4. The van der Waals surface area contributed by atoms with Gasteiger partial charge in [-0.15, -0.1) is 0 Å². The van der Waals surface area contributed by atoms with E-state index < -0.39 is 390 Å². The van der Waals surface area contributed by atoms with Gasteiger partial charge >= 0.3 is 59.7 Å². The molecule has 0 aliphatic carbocycles. The molecule has 4 aliphatic rings. The number of cyclic esters (lactones) is 2. The van der Waals surface area contributed by atoms with E-state index in [1.807, 2.05) is 0 Å². The zero-order chi connectivity index (χ0) is 97.7. The van der Waals surface area contributed by atoms with Gasteiger partial charge in [0.25, 0.3) is 0 Å². The SMILES string of the molecule is O=C(OC1OC2COC(=O)c3cc(O)c(O)c(O)c3-c3c(cc(O)c(O)c3O)C(=O)OC2C(OC(=O)c2cc(O)c(O)c(O)c2)C1OC(=O)c1cc(O)c(O)c(O)c1)c1cc(O)c(O)c(Oc2c(C(=O)OC3C(OC(=O)c4cc(O)c(O)c(O)c4)OC4COC(=O)c5cc(O)c(O)c(O)c5-c5c(cc(O)c(O)c5O)C(=O)OC4C3OC(=O)c3cc(O)c(O)c(O)c3)cc(O)c(O)c2O)c1. The average Bonchev–Trinajstić information content (AvgIpc) is 1.22. The molecule has 698 valence electrons. The Labute approximate surface area is 736 Å². The quantitative estimate of drug-likeness (QED) is 0.0419. The van der Waals surface area contributed by atoms with Gasteiger partial charge in [-0.2, -0.15) is 0 Å². The summed E-state index contributed by atoms with van der Waals surface area (Å²) in [4.78, 5) is 148. The van der Waals surface area contributed by atoms with E-state index in [9.17, 15) is 177 Å². The van der Waals surface area contributed by atoms with Gasteiger partial charge in [-0.3, -0.25) is 0 Å². The van der Waals surface area contributed by atoms with Gasteiger partial charge in [0.15, 0.2) is 162 Å². The van der Waals surface area contributed by atoms with Gasteiger partial charge in [-0.25, -0.2) is 47.9 Å². The molecular formula is C82H58O52. The molecule has 0 amide bonds. The molecule has 2 saturated heterocycles. The Balaban J connectivity index is 0.888. The topological polar surface area (TPSA) is 877 Å². The lowest BCUT2D eigenvalue weighted by molar-refractivity contribution is -0.282. The zero-order valence-electron chi connectivity index (χ0n) is 65.7. The second kappa shape index (κ2) is 34.2. The lowest BCUT2D eigenvalue weighted by Crippen LogP contribution is -2.63. The Hall–Kier alpha value is -19.2. The number of hydrogen-bond acceptors (Lipinski definition) is 52. The molecule has 52 nitrogen and oxygen atoms in total. The summed E-state index contributed by atoms with van der Waals surface area (Å²) in [6.45, 7) is -3.11. The molecule has 10 aromatic rings. The first kappa shape index (κ1) is 91.0. The average molecular weight is 1880 g/mol. The highest BCUT2D eigenvalue weighted by Gasteiger charge is 2.58. The van der Waals surface area contributed by atoms with Crippen LogP contribution in [0.4, 0.5) is 0 Å². The number of benzene rings is 10. The highest BCUT2D eigenvalue weighted by Crippen LogP contribution is 2.58. The molecular weight excluding hydrogens is 1820 g/mol. The molecule has 14 rings (SSSR count). The minimum Gasteiger partial charge on any atom is -0.504 e. The summed E-state index contributed by atoms with van der Waals surface area (Å²) < 4.78 is 74.3. The van der Waals surface area contributed by atoms with Crippen LogP contribution in [-0.4, -0.2) is 282 Å². The van der Waals surface area contributed by atoms with Crippen molar-refractivity contribution in [2.24, 2.45) is 0 Å². The van der Waals surface area contributed by atoms with E-state index in [1.165, 1.54) is 0 Å². The molecule has 0 spiro atoms. The van der Waals surface area contributed by atoms with Crippen LogP contribution in [0, 0.1) is 0 Å². The molecule has 0 aromatic heterocycles. The number of carbonyl (C=O) groups is 10. The summed E-state index contributed by atoms with van der Waals surface area (Å²) in [7, 11) is 0. The van der Waals surface area contributed by atoms with Crippen LogP contribution in [0.2, 0.25) is 0 Å². The molecule has 4 heterocycles. The first-order chi connectivity index (χ1) is 63.0. The van der Waals surface area contributed by atoms with E-state index in [4.69, 9.17) is 61.6 Å². The highest BCUT2D eigenvalue weighted by atomic mass is 16.8. The maximum absolute atomic E-state index is 15.5. The minimum absolute atomic E-state index is 0.0806. The van der Waals surface area contributed by atoms with Gasteiger partial charge in [0, 0.05) is 28.3 Å². The lowest BCUT2D eigenvalue weighted by atomic mass is 9.92. The Morgan fingerprint density at radius 2 is 0.485 bits per heavy atom. The minimum atomic E-state index is -3.10. The summed E-state index contributed by atoms with van der Waals surface area (Å²) in [5.74, 6) is -65.5. The van der Waals surface area contributed by atoms with E-state index >= 15 is 19.2 Å². The van der Waals surface area contributed by atoms with Gasteiger partial charge in [0.1, 0.15) is 31.0 Å². The first-order valence-corrected chi connectivity index (χ1v) is 37.0. The smallest absolute Gasteiger partial charge is 0.342 e. The van der Waals surface area contributed by atoms with Gasteiger partial charge in [0.2, 0.25) is 65.0 Å². The van der Waals surface area contributed by atoms with Gasteiger partial charge < -0.3 is 210 Å². The van der Waals surface area contributed by atoms with E-state index in [1.54, 1.807) is 0 Å². The number of ether oxygens (including phenoxy) is 13. The molecule has 10 unspecified atom stereocenters. The maximum atomic E-state index is 15.5. The fraction of sp³-hybridized carbons (Fsp3) is 0.146. The fourth-order valence-corrected chi connectivity index (χ4v) is 13.9. The number of carbonyl (C=O) groups excluding carboxylic acids is 10. The molecule has 0 saturated carbocycles. The van der Waals surface area contributed by atoms with Crippen LogP contribution < -0.4 is 4.74 Å². The number of aromatic hydroxyl groups is 29. The summed E-state index contributed by atoms with van der Waals surface area (Å²) in [5.41, 5.74) is -17.1. The monoisotopic (exact) mass is 1870 g/mol. The van der Waals surface area contributed by atoms with Crippen LogP contribution in [-0.2, 0) is 56.8 Å². The van der Waals surface area contributed by atoms with E-state index in [-0.39, 0.29) is 30.3 Å². The number of phenolic OH excluding ortho intramolecular Hbond substituents is 29. The van der Waals surface area contributed by atoms with Gasteiger partial charge in [0.05, 0.1) is 50.1 Å². The molecule has 29 N–H and O–H groups in total. The number of rotatable bonds is 14. The van der Waals surface area contributed by atoms with Crippen molar-refractivity contribution in [3.05, 3.63) is 147 Å². The maximum Gasteiger partial charge on any atom is 0.342 e. The Morgan fingerprint density at radius 3 is 0.791 bits per heavy atom. The van der Waals surface area contributed by atoms with Crippen LogP contribution in [0.1, 0.15) is 104 Å². The van der Waals surface area contributed by atoms with Crippen molar-refractivity contribution in [1.29, 1.82) is 0 Å². The van der Waals surface area contributed by atoms with Crippen molar-refractivity contribution >= 4 is 59.7 Å². The van der Waals surface area contributed by atoms with Crippen molar-refractivity contribution in [3.63, 3.8) is 0 Å². The normalized spacial score (nSPS) is 19.1. The largest absolute Gasteiger partial charge is 0.504 e. The molecule has 4 aliphatic heterocycles. The van der Waals surface area contributed by atoms with Crippen LogP contribution >= 0.6 is 0 Å². The number of phenols is 29. The van der Waals surface area contributed by atoms with Crippen molar-refractivity contribution in [1.82, 2.24) is 0 Å². The zero-order valence-corrected chi connectivity index (χ0v) is 65.7. The number of esters is 10. The molecule has 10 aromatic carbocycles. The van der Waals surface area contributed by atoms with Crippen molar-refractivity contribution in [2.45, 2.75) is 61.4 Å². The van der Waals surface area contributed by atoms with E-state index in [2.05, 4.69) is 0 Å². The highest BCUT2D eigenvalue weighted by molar-refractivity contribution is 6.11. The van der Waals surface area contributed by atoms with E-state index in [0.29, 0.717) is 60.7 Å². The Kier molecular flexibility index (Phi) is 23.2. The molecule has 52 heteroatoms.